The Morgan fingerprint density at radius 1 is 1.00 bits per heavy atom. The van der Waals surface area contributed by atoms with Gasteiger partial charge in [0.15, 0.2) is 5.69 Å². The SMILES string of the molecule is CC(C)Cn1nc(C(=O)N[C@H](CN2CCOCC2)c2ccccc2)c2ccccc2c1=O. The molecule has 1 atom stereocenters. The predicted octanol–water partition coefficient (Wildman–Crippen LogP) is 2.86. The maximum atomic E-state index is 13.5. The fourth-order valence-electron chi connectivity index (χ4n) is 4.06. The van der Waals surface area contributed by atoms with Gasteiger partial charge in [0.25, 0.3) is 11.5 Å². The highest BCUT2D eigenvalue weighted by Gasteiger charge is 2.23. The first-order valence-corrected chi connectivity index (χ1v) is 11.2. The van der Waals surface area contributed by atoms with Crippen molar-refractivity contribution in [1.82, 2.24) is 20.0 Å². The molecule has 2 heterocycles. The number of amides is 1. The Morgan fingerprint density at radius 2 is 1.66 bits per heavy atom. The molecular weight excluding hydrogens is 404 g/mol. The van der Waals surface area contributed by atoms with E-state index in [-0.39, 0.29) is 29.1 Å². The molecule has 1 aliphatic rings. The van der Waals surface area contributed by atoms with Crippen LogP contribution >= 0.6 is 0 Å². The highest BCUT2D eigenvalue weighted by atomic mass is 16.5. The number of benzene rings is 2. The quantitative estimate of drug-likeness (QED) is 0.619. The normalized spacial score (nSPS) is 15.7. The van der Waals surface area contributed by atoms with Crippen molar-refractivity contribution >= 4 is 16.7 Å². The van der Waals surface area contributed by atoms with Crippen molar-refractivity contribution in [3.8, 4) is 0 Å². The van der Waals surface area contributed by atoms with Gasteiger partial charge in [-0.1, -0.05) is 62.4 Å². The molecular formula is C25H30N4O3. The van der Waals surface area contributed by atoms with E-state index in [2.05, 4.69) is 15.3 Å². The number of carbonyl (C=O) groups excluding carboxylic acids is 1. The van der Waals surface area contributed by atoms with Gasteiger partial charge in [-0.15, -0.1) is 0 Å². The zero-order valence-corrected chi connectivity index (χ0v) is 18.7. The van der Waals surface area contributed by atoms with E-state index in [1.54, 1.807) is 12.1 Å². The number of ether oxygens (including phenoxy) is 1. The van der Waals surface area contributed by atoms with E-state index >= 15 is 0 Å². The lowest BCUT2D eigenvalue weighted by atomic mass is 10.0. The highest BCUT2D eigenvalue weighted by Crippen LogP contribution is 2.19. The summed E-state index contributed by atoms with van der Waals surface area (Å²) in [6, 6.07) is 17.0. The van der Waals surface area contributed by atoms with Crippen LogP contribution in [0.2, 0.25) is 0 Å². The number of nitrogens with zero attached hydrogens (tertiary/aromatic N) is 3. The third kappa shape index (κ3) is 5.06. The predicted molar refractivity (Wildman–Crippen MR) is 125 cm³/mol. The molecule has 1 N–H and O–H groups in total. The number of hydrogen-bond acceptors (Lipinski definition) is 5. The number of nitrogens with one attached hydrogen (secondary N) is 1. The van der Waals surface area contributed by atoms with Crippen LogP contribution in [0.4, 0.5) is 0 Å². The molecule has 0 aliphatic carbocycles. The van der Waals surface area contributed by atoms with E-state index in [0.717, 1.165) is 18.7 Å². The van der Waals surface area contributed by atoms with Crippen molar-refractivity contribution in [3.63, 3.8) is 0 Å². The molecule has 7 nitrogen and oxygen atoms in total. The minimum Gasteiger partial charge on any atom is -0.379 e. The van der Waals surface area contributed by atoms with Gasteiger partial charge in [-0.05, 0) is 17.5 Å². The summed E-state index contributed by atoms with van der Waals surface area (Å²) in [5, 5.41) is 8.77. The van der Waals surface area contributed by atoms with Gasteiger partial charge in [0.1, 0.15) is 0 Å². The number of rotatable bonds is 7. The monoisotopic (exact) mass is 434 g/mol. The first-order valence-electron chi connectivity index (χ1n) is 11.2. The number of morpholine rings is 1. The van der Waals surface area contributed by atoms with Crippen LogP contribution in [0.3, 0.4) is 0 Å². The second-order valence-corrected chi connectivity index (χ2v) is 8.63. The standard InChI is InChI=1S/C25H30N4O3/c1-18(2)16-29-25(31)21-11-7-6-10-20(21)23(27-29)24(30)26-22(19-8-4-3-5-9-19)17-28-12-14-32-15-13-28/h3-11,18,22H,12-17H2,1-2H3,(H,26,30)/t22-/m1/s1. The van der Waals surface area contributed by atoms with Gasteiger partial charge in [0.2, 0.25) is 0 Å². The van der Waals surface area contributed by atoms with Crippen LogP contribution in [0.25, 0.3) is 10.8 Å². The molecule has 1 fully saturated rings. The van der Waals surface area contributed by atoms with E-state index in [1.165, 1.54) is 4.68 Å². The van der Waals surface area contributed by atoms with Crippen LogP contribution < -0.4 is 10.9 Å². The van der Waals surface area contributed by atoms with Gasteiger partial charge >= 0.3 is 0 Å². The summed E-state index contributed by atoms with van der Waals surface area (Å²) >= 11 is 0. The van der Waals surface area contributed by atoms with Crippen molar-refractivity contribution in [3.05, 3.63) is 76.2 Å². The summed E-state index contributed by atoms with van der Waals surface area (Å²) in [5.74, 6) is -0.0449. The topological polar surface area (TPSA) is 76.5 Å². The van der Waals surface area contributed by atoms with Gasteiger partial charge in [0.05, 0.1) is 24.6 Å². The van der Waals surface area contributed by atoms with E-state index in [1.807, 2.05) is 56.3 Å². The molecule has 2 aromatic carbocycles. The van der Waals surface area contributed by atoms with Crippen molar-refractivity contribution < 1.29 is 9.53 Å². The van der Waals surface area contributed by atoms with Crippen LogP contribution in [-0.2, 0) is 11.3 Å². The summed E-state index contributed by atoms with van der Waals surface area (Å²) in [5.41, 5.74) is 1.15. The molecule has 0 saturated carbocycles. The second kappa shape index (κ2) is 10.1. The molecule has 1 amide bonds. The van der Waals surface area contributed by atoms with E-state index in [9.17, 15) is 9.59 Å². The molecule has 32 heavy (non-hydrogen) atoms. The largest absolute Gasteiger partial charge is 0.379 e. The average molecular weight is 435 g/mol. The average Bonchev–Trinajstić information content (AvgIpc) is 2.81. The van der Waals surface area contributed by atoms with Crippen molar-refractivity contribution in [1.29, 1.82) is 0 Å². The number of fused-ring (bicyclic) bond motifs is 1. The smallest absolute Gasteiger partial charge is 0.274 e. The first kappa shape index (κ1) is 22.2. The maximum absolute atomic E-state index is 13.5. The third-order valence-electron chi connectivity index (χ3n) is 5.67. The Morgan fingerprint density at radius 3 is 2.34 bits per heavy atom. The minimum atomic E-state index is -0.277. The molecule has 4 rings (SSSR count). The Labute approximate surface area is 188 Å². The molecule has 1 aliphatic heterocycles. The van der Waals surface area contributed by atoms with Gasteiger partial charge in [0, 0.05) is 31.6 Å². The summed E-state index contributed by atoms with van der Waals surface area (Å²) in [6.07, 6.45) is 0. The number of aromatic nitrogens is 2. The summed E-state index contributed by atoms with van der Waals surface area (Å²) < 4.78 is 6.89. The Hall–Kier alpha value is -3.03. The van der Waals surface area contributed by atoms with Gasteiger partial charge < -0.3 is 10.1 Å². The fraction of sp³-hybridized carbons (Fsp3) is 0.400. The van der Waals surface area contributed by atoms with E-state index in [4.69, 9.17) is 4.74 Å². The lowest BCUT2D eigenvalue weighted by Gasteiger charge is -2.31. The molecule has 1 aromatic heterocycles. The van der Waals surface area contributed by atoms with Crippen LogP contribution in [0.1, 0.15) is 35.9 Å². The van der Waals surface area contributed by atoms with Crippen molar-refractivity contribution in [2.24, 2.45) is 5.92 Å². The number of hydrogen-bond donors (Lipinski definition) is 1. The molecule has 0 spiro atoms. The molecule has 0 unspecified atom stereocenters. The Bertz CT molecular complexity index is 1120. The van der Waals surface area contributed by atoms with Gasteiger partial charge in [-0.2, -0.15) is 5.10 Å². The first-order chi connectivity index (χ1) is 15.5. The summed E-state index contributed by atoms with van der Waals surface area (Å²) in [6.45, 7) is 8.25. The van der Waals surface area contributed by atoms with Gasteiger partial charge in [-0.25, -0.2) is 4.68 Å². The van der Waals surface area contributed by atoms with Crippen molar-refractivity contribution in [2.45, 2.75) is 26.4 Å². The second-order valence-electron chi connectivity index (χ2n) is 8.63. The maximum Gasteiger partial charge on any atom is 0.274 e. The van der Waals surface area contributed by atoms with Crippen LogP contribution in [0, 0.1) is 5.92 Å². The molecule has 7 heteroatoms. The third-order valence-corrected chi connectivity index (χ3v) is 5.67. The summed E-state index contributed by atoms with van der Waals surface area (Å²) in [7, 11) is 0. The van der Waals surface area contributed by atoms with Crippen molar-refractivity contribution in [2.75, 3.05) is 32.8 Å². The van der Waals surface area contributed by atoms with Crippen LogP contribution in [-0.4, -0.2) is 53.4 Å². The fourth-order valence-corrected chi connectivity index (χ4v) is 4.06. The Balaban J connectivity index is 1.68. The lowest BCUT2D eigenvalue weighted by molar-refractivity contribution is 0.0332. The Kier molecular flexibility index (Phi) is 6.97. The van der Waals surface area contributed by atoms with Crippen LogP contribution in [0.15, 0.2) is 59.4 Å². The molecule has 168 valence electrons. The summed E-state index contributed by atoms with van der Waals surface area (Å²) in [4.78, 5) is 28.7. The number of carbonyl (C=O) groups is 1. The zero-order valence-electron chi connectivity index (χ0n) is 18.7. The zero-order chi connectivity index (χ0) is 22.5. The van der Waals surface area contributed by atoms with E-state index < -0.39 is 0 Å². The molecule has 0 bridgehead atoms. The van der Waals surface area contributed by atoms with Crippen LogP contribution in [0.5, 0.6) is 0 Å². The van der Waals surface area contributed by atoms with E-state index in [0.29, 0.717) is 37.1 Å². The lowest BCUT2D eigenvalue weighted by Crippen LogP contribution is -2.43. The minimum absolute atomic E-state index is 0.168. The highest BCUT2D eigenvalue weighted by molar-refractivity contribution is 6.04. The molecule has 1 saturated heterocycles. The molecule has 3 aromatic rings. The van der Waals surface area contributed by atoms with Gasteiger partial charge in [-0.3, -0.25) is 14.5 Å². The molecule has 0 radical (unpaired) electrons.